The number of aliphatic carboxylic acids is 1. The highest BCUT2D eigenvalue weighted by atomic mass is 16.4. The third kappa shape index (κ3) is 4.06. The number of amides is 1. The molecule has 0 spiro atoms. The minimum atomic E-state index is -0.912. The van der Waals surface area contributed by atoms with Crippen LogP contribution in [-0.2, 0) is 22.6 Å². The number of rotatable bonds is 5. The van der Waals surface area contributed by atoms with Crippen LogP contribution in [0, 0.1) is 6.92 Å². The summed E-state index contributed by atoms with van der Waals surface area (Å²) >= 11 is 0. The highest BCUT2D eigenvalue weighted by Gasteiger charge is 2.32. The molecule has 0 aliphatic carbocycles. The van der Waals surface area contributed by atoms with Gasteiger partial charge in [0.25, 0.3) is 0 Å². The molecule has 1 aromatic heterocycles. The Labute approximate surface area is 168 Å². The van der Waals surface area contributed by atoms with Crippen molar-refractivity contribution in [2.75, 3.05) is 6.54 Å². The molecule has 1 aliphatic rings. The largest absolute Gasteiger partial charge is 0.481 e. The Balaban J connectivity index is 1.41. The predicted octanol–water partition coefficient (Wildman–Crippen LogP) is 3.79. The van der Waals surface area contributed by atoms with Crippen LogP contribution in [0.25, 0.3) is 11.3 Å². The minimum Gasteiger partial charge on any atom is -0.481 e. The molecule has 29 heavy (non-hydrogen) atoms. The Morgan fingerprint density at radius 2 is 1.93 bits per heavy atom. The molecule has 0 saturated carbocycles. The quantitative estimate of drug-likeness (QED) is 0.717. The Kier molecular flexibility index (Phi) is 5.16. The zero-order valence-electron chi connectivity index (χ0n) is 16.2. The van der Waals surface area contributed by atoms with Gasteiger partial charge in [0, 0.05) is 31.5 Å². The van der Waals surface area contributed by atoms with E-state index in [2.05, 4.69) is 4.98 Å². The summed E-state index contributed by atoms with van der Waals surface area (Å²) in [6.45, 7) is 2.64. The van der Waals surface area contributed by atoms with Gasteiger partial charge < -0.3 is 14.4 Å². The standard InChI is InChI=1S/C23H22N2O4/c1-15-6-8-16(9-7-15)20-12-24-21(29-20)10-11-22(26)25-13-17-4-2-3-5-18(17)19(14-25)23(27)28/h2-9,12,19H,10-11,13-14H2,1H3,(H,27,28). The molecule has 148 valence electrons. The van der Waals surface area contributed by atoms with Gasteiger partial charge in [-0.15, -0.1) is 0 Å². The number of hydrogen-bond acceptors (Lipinski definition) is 4. The lowest BCUT2D eigenvalue weighted by Crippen LogP contribution is -2.40. The topological polar surface area (TPSA) is 83.6 Å². The van der Waals surface area contributed by atoms with Gasteiger partial charge >= 0.3 is 5.97 Å². The van der Waals surface area contributed by atoms with Gasteiger partial charge in [0.15, 0.2) is 11.7 Å². The lowest BCUT2D eigenvalue weighted by Gasteiger charge is -2.32. The second kappa shape index (κ2) is 7.91. The molecule has 1 atom stereocenters. The maximum atomic E-state index is 12.7. The van der Waals surface area contributed by atoms with Crippen LogP contribution in [0.3, 0.4) is 0 Å². The Bertz CT molecular complexity index is 1040. The summed E-state index contributed by atoms with van der Waals surface area (Å²) in [5, 5.41) is 9.56. The van der Waals surface area contributed by atoms with Gasteiger partial charge in [0.2, 0.25) is 5.91 Å². The molecule has 0 fully saturated rings. The van der Waals surface area contributed by atoms with Crippen molar-refractivity contribution < 1.29 is 19.1 Å². The molecule has 2 aromatic carbocycles. The summed E-state index contributed by atoms with van der Waals surface area (Å²) in [4.78, 5) is 30.3. The number of hydrogen-bond donors (Lipinski definition) is 1. The molecule has 1 amide bonds. The van der Waals surface area contributed by atoms with E-state index in [1.54, 1.807) is 11.1 Å². The molecule has 1 aliphatic heterocycles. The highest BCUT2D eigenvalue weighted by molar-refractivity contribution is 5.81. The summed E-state index contributed by atoms with van der Waals surface area (Å²) in [6, 6.07) is 15.4. The van der Waals surface area contributed by atoms with Gasteiger partial charge in [-0.05, 0) is 18.1 Å². The van der Waals surface area contributed by atoms with E-state index < -0.39 is 11.9 Å². The molecule has 1 N–H and O–H groups in total. The number of carboxylic acids is 1. The lowest BCUT2D eigenvalue weighted by molar-refractivity contribution is -0.141. The Morgan fingerprint density at radius 1 is 1.17 bits per heavy atom. The van der Waals surface area contributed by atoms with Crippen LogP contribution in [0.2, 0.25) is 0 Å². The zero-order valence-corrected chi connectivity index (χ0v) is 16.2. The number of carboxylic acid groups (broad SMARTS) is 1. The van der Waals surface area contributed by atoms with Gasteiger partial charge in [0.1, 0.15) is 0 Å². The van der Waals surface area contributed by atoms with Crippen molar-refractivity contribution in [1.29, 1.82) is 0 Å². The summed E-state index contributed by atoms with van der Waals surface area (Å²) in [7, 11) is 0. The number of aryl methyl sites for hydroxylation is 2. The second-order valence-corrected chi connectivity index (χ2v) is 7.35. The first-order valence-electron chi connectivity index (χ1n) is 9.61. The molecule has 6 nitrogen and oxygen atoms in total. The first-order chi connectivity index (χ1) is 14.0. The van der Waals surface area contributed by atoms with E-state index in [-0.39, 0.29) is 18.9 Å². The SMILES string of the molecule is Cc1ccc(-c2cnc(CCC(=O)N3Cc4ccccc4C(C(=O)O)C3)o2)cc1. The molecular formula is C23H22N2O4. The van der Waals surface area contributed by atoms with Gasteiger partial charge in [-0.1, -0.05) is 54.1 Å². The van der Waals surface area contributed by atoms with Crippen LogP contribution in [0.4, 0.5) is 0 Å². The van der Waals surface area contributed by atoms with Crippen LogP contribution in [0.15, 0.2) is 59.1 Å². The maximum absolute atomic E-state index is 12.7. The van der Waals surface area contributed by atoms with E-state index in [0.717, 1.165) is 16.7 Å². The number of aromatic nitrogens is 1. The van der Waals surface area contributed by atoms with Crippen molar-refractivity contribution in [2.24, 2.45) is 0 Å². The number of fused-ring (bicyclic) bond motifs is 1. The monoisotopic (exact) mass is 390 g/mol. The summed E-state index contributed by atoms with van der Waals surface area (Å²) < 4.78 is 5.79. The average Bonchev–Trinajstić information content (AvgIpc) is 3.20. The number of carbonyl (C=O) groups is 2. The fraction of sp³-hybridized carbons (Fsp3) is 0.261. The Hall–Kier alpha value is -3.41. The maximum Gasteiger partial charge on any atom is 0.312 e. The zero-order chi connectivity index (χ0) is 20.4. The molecule has 0 bridgehead atoms. The van der Waals surface area contributed by atoms with E-state index in [4.69, 9.17) is 4.42 Å². The number of benzene rings is 2. The van der Waals surface area contributed by atoms with Crippen LogP contribution < -0.4 is 0 Å². The first kappa shape index (κ1) is 18.9. The normalized spacial score (nSPS) is 15.8. The van der Waals surface area contributed by atoms with E-state index in [0.29, 0.717) is 24.6 Å². The number of nitrogens with zero attached hydrogens (tertiary/aromatic N) is 2. The van der Waals surface area contributed by atoms with Crippen molar-refractivity contribution in [1.82, 2.24) is 9.88 Å². The first-order valence-corrected chi connectivity index (χ1v) is 9.61. The van der Waals surface area contributed by atoms with E-state index >= 15 is 0 Å². The average molecular weight is 390 g/mol. The van der Waals surface area contributed by atoms with E-state index in [9.17, 15) is 14.7 Å². The summed E-state index contributed by atoms with van der Waals surface area (Å²) in [5.74, 6) is -0.531. The van der Waals surface area contributed by atoms with Crippen molar-refractivity contribution >= 4 is 11.9 Å². The third-order valence-corrected chi connectivity index (χ3v) is 5.29. The van der Waals surface area contributed by atoms with Crippen molar-refractivity contribution in [2.45, 2.75) is 32.2 Å². The van der Waals surface area contributed by atoms with E-state index in [1.807, 2.05) is 55.5 Å². The molecule has 6 heteroatoms. The minimum absolute atomic E-state index is 0.0964. The van der Waals surface area contributed by atoms with Gasteiger partial charge in [-0.25, -0.2) is 4.98 Å². The van der Waals surface area contributed by atoms with Crippen LogP contribution in [-0.4, -0.2) is 33.4 Å². The smallest absolute Gasteiger partial charge is 0.312 e. The van der Waals surface area contributed by atoms with Crippen LogP contribution in [0.1, 0.15) is 34.9 Å². The van der Waals surface area contributed by atoms with Crippen molar-refractivity contribution in [3.8, 4) is 11.3 Å². The summed E-state index contributed by atoms with van der Waals surface area (Å²) in [6.07, 6.45) is 2.27. The molecule has 0 saturated heterocycles. The lowest BCUT2D eigenvalue weighted by atomic mass is 9.89. The molecule has 3 aromatic rings. The Morgan fingerprint density at radius 3 is 2.69 bits per heavy atom. The van der Waals surface area contributed by atoms with Crippen molar-refractivity contribution in [3.63, 3.8) is 0 Å². The second-order valence-electron chi connectivity index (χ2n) is 7.35. The van der Waals surface area contributed by atoms with Crippen molar-refractivity contribution in [3.05, 3.63) is 77.3 Å². The fourth-order valence-electron chi connectivity index (χ4n) is 3.66. The third-order valence-electron chi connectivity index (χ3n) is 5.29. The molecule has 2 heterocycles. The van der Waals surface area contributed by atoms with Gasteiger partial charge in [-0.2, -0.15) is 0 Å². The number of oxazole rings is 1. The molecule has 4 rings (SSSR count). The predicted molar refractivity (Wildman–Crippen MR) is 107 cm³/mol. The summed E-state index contributed by atoms with van der Waals surface area (Å²) in [5.41, 5.74) is 3.79. The highest BCUT2D eigenvalue weighted by Crippen LogP contribution is 2.29. The number of carbonyl (C=O) groups excluding carboxylic acids is 1. The fourth-order valence-corrected chi connectivity index (χ4v) is 3.66. The van der Waals surface area contributed by atoms with Gasteiger partial charge in [-0.3, -0.25) is 9.59 Å². The van der Waals surface area contributed by atoms with Crippen LogP contribution >= 0.6 is 0 Å². The van der Waals surface area contributed by atoms with Gasteiger partial charge in [0.05, 0.1) is 12.1 Å². The molecule has 0 radical (unpaired) electrons. The van der Waals surface area contributed by atoms with Crippen LogP contribution in [0.5, 0.6) is 0 Å². The van der Waals surface area contributed by atoms with E-state index in [1.165, 1.54) is 5.56 Å². The molecular weight excluding hydrogens is 368 g/mol. The molecule has 1 unspecified atom stereocenters.